The molecule has 3 heterocycles. The molecule has 0 aliphatic carbocycles. The highest BCUT2D eigenvalue weighted by atomic mass is 28.3. The number of hydrogen-bond donors (Lipinski definition) is 0. The Hall–Kier alpha value is -2.65. The number of benzene rings is 3. The lowest BCUT2D eigenvalue weighted by atomic mass is 9.88. The Balaban J connectivity index is 1.80. The normalized spacial score (nSPS) is 18.4. The number of hydrogen-bond acceptors (Lipinski definition) is 1. The van der Waals surface area contributed by atoms with Crippen molar-refractivity contribution in [3.05, 3.63) is 86.9 Å². The lowest BCUT2D eigenvalue weighted by molar-refractivity contribution is 0.588. The molecule has 0 spiro atoms. The van der Waals surface area contributed by atoms with Crippen LogP contribution in [0.4, 0.5) is 5.69 Å². The molecule has 0 unspecified atom stereocenters. The smallest absolute Gasteiger partial charge is 0.202 e. The molecule has 3 aliphatic rings. The molecule has 0 amide bonds. The highest BCUT2D eigenvalue weighted by Gasteiger charge is 2.37. The molecule has 3 aliphatic heterocycles. The van der Waals surface area contributed by atoms with Crippen LogP contribution in [0.15, 0.2) is 48.5 Å². The molecule has 168 valence electrons. The Labute approximate surface area is 198 Å². The fourth-order valence-electron chi connectivity index (χ4n) is 6.51. The minimum Gasteiger partial charge on any atom is -0.374 e. The van der Waals surface area contributed by atoms with Gasteiger partial charge in [-0.05, 0) is 87.8 Å². The maximum absolute atomic E-state index is 2.58. The molecule has 0 N–H and O–H groups in total. The lowest BCUT2D eigenvalue weighted by Gasteiger charge is -2.37. The van der Waals surface area contributed by atoms with Gasteiger partial charge in [0.15, 0.2) is 0 Å². The third kappa shape index (κ3) is 3.08. The van der Waals surface area contributed by atoms with Gasteiger partial charge in [-0.3, -0.25) is 0 Å². The second-order valence-corrected chi connectivity index (χ2v) is 15.2. The zero-order valence-electron chi connectivity index (χ0n) is 20.8. The van der Waals surface area contributed by atoms with Crippen LogP contribution >= 0.6 is 0 Å². The van der Waals surface area contributed by atoms with Crippen LogP contribution in [-0.4, -0.2) is 35.3 Å². The highest BCUT2D eigenvalue weighted by Crippen LogP contribution is 2.33. The maximum atomic E-state index is 2.58. The molecule has 3 aromatic carbocycles. The van der Waals surface area contributed by atoms with Gasteiger partial charge in [0.2, 0.25) is 5.36 Å². The second-order valence-electron chi connectivity index (χ2n) is 10.9. The largest absolute Gasteiger partial charge is 0.374 e. The topological polar surface area (TPSA) is 6.25 Å². The van der Waals surface area contributed by atoms with Crippen LogP contribution in [0.3, 0.4) is 0 Å². The van der Waals surface area contributed by atoms with Crippen molar-refractivity contribution in [2.45, 2.75) is 45.7 Å². The summed E-state index contributed by atoms with van der Waals surface area (Å²) in [5, 5.41) is 6.19. The van der Waals surface area contributed by atoms with Crippen molar-refractivity contribution in [2.24, 2.45) is 0 Å². The number of fused-ring (bicyclic) bond motifs is 4. The van der Waals surface area contributed by atoms with E-state index in [-0.39, 0.29) is 0 Å². The molecule has 0 aromatic heterocycles. The Morgan fingerprint density at radius 3 is 2.48 bits per heavy atom. The zero-order chi connectivity index (χ0) is 22.9. The van der Waals surface area contributed by atoms with Crippen molar-refractivity contribution in [3.63, 3.8) is 0 Å². The highest BCUT2D eigenvalue weighted by molar-refractivity contribution is 7.01. The first-order valence-corrected chi connectivity index (χ1v) is 15.6. The molecule has 33 heavy (non-hydrogen) atoms. The van der Waals surface area contributed by atoms with E-state index >= 15 is 0 Å². The van der Waals surface area contributed by atoms with E-state index in [0.717, 1.165) is 13.1 Å². The summed E-state index contributed by atoms with van der Waals surface area (Å²) in [4.78, 5) is 2.48. The quantitative estimate of drug-likeness (QED) is 0.407. The zero-order valence-corrected chi connectivity index (χ0v) is 21.8. The molecule has 0 radical (unpaired) electrons. The standard InChI is InChI=1S/C30H35N2Si/c1-20-10-6-7-13-23(20)30-24-16-21-11-8-14-31(2)26(21)18-28(24)33(4,5)29-19-27-22(17-25(29)30)12-9-15-32(27)3/h6-7,10,13,16-19H,8-9,11-12,14-15H2,1-5H3/q+1. The average molecular weight is 452 g/mol. The van der Waals surface area contributed by atoms with Crippen LogP contribution in [0.1, 0.15) is 40.7 Å². The van der Waals surface area contributed by atoms with Crippen molar-refractivity contribution in [1.82, 2.24) is 4.58 Å². The van der Waals surface area contributed by atoms with Gasteiger partial charge in [0.1, 0.15) is 21.7 Å². The molecule has 2 nitrogen and oxygen atoms in total. The third-order valence-corrected chi connectivity index (χ3v) is 12.0. The molecule has 6 rings (SSSR count). The molecule has 3 heteroatoms. The first-order valence-electron chi connectivity index (χ1n) is 12.6. The second kappa shape index (κ2) is 7.43. The predicted molar refractivity (Wildman–Crippen MR) is 144 cm³/mol. The van der Waals surface area contributed by atoms with Crippen molar-refractivity contribution in [2.75, 3.05) is 32.1 Å². The number of nitrogens with zero attached hydrogens (tertiary/aromatic N) is 2. The Morgan fingerprint density at radius 2 is 1.67 bits per heavy atom. The molecule has 0 atom stereocenters. The molecule has 0 saturated carbocycles. The third-order valence-electron chi connectivity index (χ3n) is 8.44. The van der Waals surface area contributed by atoms with Gasteiger partial charge in [0, 0.05) is 37.3 Å². The van der Waals surface area contributed by atoms with Crippen LogP contribution in [0.25, 0.3) is 5.57 Å². The van der Waals surface area contributed by atoms with Gasteiger partial charge in [-0.15, -0.1) is 0 Å². The van der Waals surface area contributed by atoms with Gasteiger partial charge in [0.05, 0.1) is 0 Å². The predicted octanol–water partition coefficient (Wildman–Crippen LogP) is 2.83. The van der Waals surface area contributed by atoms with E-state index in [1.807, 2.05) is 0 Å². The van der Waals surface area contributed by atoms with E-state index in [2.05, 4.69) is 92.1 Å². The first kappa shape index (κ1) is 20.9. The van der Waals surface area contributed by atoms with Gasteiger partial charge in [-0.1, -0.05) is 37.4 Å². The minimum atomic E-state index is -1.88. The van der Waals surface area contributed by atoms with Crippen LogP contribution in [-0.2, 0) is 12.8 Å². The van der Waals surface area contributed by atoms with E-state index in [4.69, 9.17) is 0 Å². The maximum Gasteiger partial charge on any atom is 0.202 e. The lowest BCUT2D eigenvalue weighted by Crippen LogP contribution is -2.64. The van der Waals surface area contributed by atoms with Gasteiger partial charge in [-0.25, -0.2) is 4.58 Å². The van der Waals surface area contributed by atoms with Crippen LogP contribution in [0.2, 0.25) is 13.1 Å². The molecule has 3 aromatic rings. The Kier molecular flexibility index (Phi) is 4.71. The SMILES string of the molecule is Cc1ccccc1C1=c2cc3c(cc2[Si](C)(C)c2cc4c(cc21)CCCN4C)=[N+](C)CCC3. The average Bonchev–Trinajstić information content (AvgIpc) is 2.79. The van der Waals surface area contributed by atoms with Crippen LogP contribution < -0.4 is 30.4 Å². The summed E-state index contributed by atoms with van der Waals surface area (Å²) in [6, 6.07) is 19.3. The summed E-state index contributed by atoms with van der Waals surface area (Å²) in [6.07, 6.45) is 4.88. The van der Waals surface area contributed by atoms with Gasteiger partial charge >= 0.3 is 0 Å². The van der Waals surface area contributed by atoms with Gasteiger partial charge in [-0.2, -0.15) is 0 Å². The van der Waals surface area contributed by atoms with Gasteiger partial charge in [0.25, 0.3) is 0 Å². The fraction of sp³-hybridized carbons (Fsp3) is 0.367. The van der Waals surface area contributed by atoms with E-state index in [0.29, 0.717) is 0 Å². The molecule has 0 saturated heterocycles. The van der Waals surface area contributed by atoms with Crippen molar-refractivity contribution < 1.29 is 0 Å². The summed E-state index contributed by atoms with van der Waals surface area (Å²) < 4.78 is 2.48. The summed E-state index contributed by atoms with van der Waals surface area (Å²) >= 11 is 0. The number of anilines is 1. The Bertz CT molecular complexity index is 1430. The number of aryl methyl sites for hydroxylation is 3. The monoisotopic (exact) mass is 451 g/mol. The first-order chi connectivity index (χ1) is 15.9. The van der Waals surface area contributed by atoms with E-state index in [9.17, 15) is 0 Å². The minimum absolute atomic E-state index is 1.16. The molecular formula is C30H35N2Si+. The van der Waals surface area contributed by atoms with Crippen LogP contribution in [0.5, 0.6) is 0 Å². The van der Waals surface area contributed by atoms with Crippen molar-refractivity contribution in [1.29, 1.82) is 0 Å². The molecule has 0 bridgehead atoms. The van der Waals surface area contributed by atoms with E-state index in [1.165, 1.54) is 75.3 Å². The van der Waals surface area contributed by atoms with Gasteiger partial charge < -0.3 is 4.90 Å². The fourth-order valence-corrected chi connectivity index (χ4v) is 9.54. The summed E-state index contributed by atoms with van der Waals surface area (Å²) in [5.41, 5.74) is 10.3. The molecule has 0 fully saturated rings. The number of rotatable bonds is 1. The summed E-state index contributed by atoms with van der Waals surface area (Å²) in [6.45, 7) is 9.75. The van der Waals surface area contributed by atoms with Crippen molar-refractivity contribution >= 4 is 29.7 Å². The summed E-state index contributed by atoms with van der Waals surface area (Å²) in [5.74, 6) is 0. The Morgan fingerprint density at radius 1 is 0.879 bits per heavy atom. The van der Waals surface area contributed by atoms with E-state index in [1.54, 1.807) is 10.4 Å². The molecular weight excluding hydrogens is 416 g/mol. The van der Waals surface area contributed by atoms with Crippen molar-refractivity contribution in [3.8, 4) is 0 Å². The van der Waals surface area contributed by atoms with Crippen LogP contribution in [0, 0.1) is 6.92 Å². The van der Waals surface area contributed by atoms with E-state index < -0.39 is 8.07 Å². The summed E-state index contributed by atoms with van der Waals surface area (Å²) in [7, 11) is 2.67.